The average molecular weight is 222 g/mol. The molecule has 0 spiro atoms. The van der Waals surface area contributed by atoms with E-state index in [1.807, 2.05) is 13.1 Å². The van der Waals surface area contributed by atoms with E-state index in [0.29, 0.717) is 10.7 Å². The molecule has 15 heavy (non-hydrogen) atoms. The maximum Gasteiger partial charge on any atom is 0.216 e. The maximum absolute atomic E-state index is 5.06. The van der Waals surface area contributed by atoms with Crippen LogP contribution in [0.25, 0.3) is 0 Å². The van der Waals surface area contributed by atoms with Crippen molar-refractivity contribution in [3.05, 3.63) is 22.7 Å². The molecule has 1 aliphatic rings. The summed E-state index contributed by atoms with van der Waals surface area (Å²) in [5.74, 6) is 1.33. The summed E-state index contributed by atoms with van der Waals surface area (Å²) in [6, 6.07) is 0. The first kappa shape index (κ1) is 10.3. The van der Waals surface area contributed by atoms with Crippen molar-refractivity contribution in [2.75, 3.05) is 0 Å². The second-order valence-electron chi connectivity index (χ2n) is 3.70. The van der Waals surface area contributed by atoms with Crippen molar-refractivity contribution in [3.8, 4) is 0 Å². The van der Waals surface area contributed by atoms with Crippen LogP contribution in [0.15, 0.2) is 17.3 Å². The fourth-order valence-electron chi connectivity index (χ4n) is 1.62. The van der Waals surface area contributed by atoms with Crippen LogP contribution in [-0.4, -0.2) is 21.1 Å². The Morgan fingerprint density at radius 3 is 3.13 bits per heavy atom. The molecule has 1 aliphatic carbocycles. The Morgan fingerprint density at radius 2 is 2.53 bits per heavy atom. The molecule has 2 rings (SSSR count). The Hall–Kier alpha value is -1.23. The highest BCUT2D eigenvalue weighted by molar-refractivity contribution is 7.71. The van der Waals surface area contributed by atoms with Crippen LogP contribution in [0.4, 0.5) is 0 Å². The van der Waals surface area contributed by atoms with E-state index in [2.05, 4.69) is 27.5 Å². The highest BCUT2D eigenvalue weighted by atomic mass is 32.1. The Kier molecular flexibility index (Phi) is 3.11. The van der Waals surface area contributed by atoms with Crippen LogP contribution in [0.3, 0.4) is 0 Å². The molecule has 0 radical (unpaired) electrons. The van der Waals surface area contributed by atoms with E-state index in [1.165, 1.54) is 6.42 Å². The predicted molar refractivity (Wildman–Crippen MR) is 62.5 cm³/mol. The molecule has 0 aliphatic heterocycles. The lowest BCUT2D eigenvalue weighted by molar-refractivity contribution is 0.621. The largest absolute Gasteiger partial charge is 0.250 e. The van der Waals surface area contributed by atoms with Crippen molar-refractivity contribution >= 4 is 18.4 Å². The number of H-pyrrole nitrogens is 1. The number of nitrogens with one attached hydrogen (secondary N) is 1. The molecule has 1 aromatic rings. The molecule has 0 saturated carbocycles. The quantitative estimate of drug-likeness (QED) is 0.474. The molecular formula is C10H14N4S. The summed E-state index contributed by atoms with van der Waals surface area (Å²) in [5.41, 5.74) is 0. The lowest BCUT2D eigenvalue weighted by Crippen LogP contribution is -2.05. The van der Waals surface area contributed by atoms with Gasteiger partial charge in [0.2, 0.25) is 4.77 Å². The topological polar surface area (TPSA) is 46.0 Å². The van der Waals surface area contributed by atoms with Gasteiger partial charge in [0.25, 0.3) is 0 Å². The Labute approximate surface area is 93.7 Å². The van der Waals surface area contributed by atoms with Gasteiger partial charge in [-0.3, -0.25) is 5.10 Å². The fraction of sp³-hybridized carbons (Fsp3) is 0.500. The molecule has 1 atom stereocenters. The van der Waals surface area contributed by atoms with E-state index in [4.69, 9.17) is 12.2 Å². The van der Waals surface area contributed by atoms with Gasteiger partial charge in [-0.1, -0.05) is 12.2 Å². The van der Waals surface area contributed by atoms with E-state index in [-0.39, 0.29) is 0 Å². The second-order valence-corrected chi connectivity index (χ2v) is 4.08. The first-order chi connectivity index (χ1) is 7.27. The molecule has 0 fully saturated rings. The first-order valence-corrected chi connectivity index (χ1v) is 5.51. The Balaban J connectivity index is 2.11. The molecule has 1 N–H and O–H groups in total. The lowest BCUT2D eigenvalue weighted by Gasteiger charge is -2.11. The Morgan fingerprint density at radius 1 is 1.67 bits per heavy atom. The van der Waals surface area contributed by atoms with Crippen molar-refractivity contribution in [2.45, 2.75) is 26.2 Å². The maximum atomic E-state index is 5.06. The van der Waals surface area contributed by atoms with Gasteiger partial charge in [0.15, 0.2) is 0 Å². The predicted octanol–water partition coefficient (Wildman–Crippen LogP) is 2.44. The fourth-order valence-corrected chi connectivity index (χ4v) is 1.84. The second kappa shape index (κ2) is 4.53. The van der Waals surface area contributed by atoms with Gasteiger partial charge in [-0.2, -0.15) is 14.9 Å². The van der Waals surface area contributed by atoms with Crippen molar-refractivity contribution in [3.63, 3.8) is 0 Å². The van der Waals surface area contributed by atoms with Crippen LogP contribution < -0.4 is 0 Å². The van der Waals surface area contributed by atoms with Crippen LogP contribution in [0, 0.1) is 17.6 Å². The zero-order valence-electron chi connectivity index (χ0n) is 8.68. The number of aromatic amines is 1. The summed E-state index contributed by atoms with van der Waals surface area (Å²) in [6.45, 7) is 1.88. The van der Waals surface area contributed by atoms with Crippen LogP contribution in [-0.2, 0) is 0 Å². The minimum Gasteiger partial charge on any atom is -0.250 e. The van der Waals surface area contributed by atoms with Crippen LogP contribution in [0.2, 0.25) is 0 Å². The minimum atomic E-state index is 0.534. The summed E-state index contributed by atoms with van der Waals surface area (Å²) in [6.07, 6.45) is 9.80. The summed E-state index contributed by atoms with van der Waals surface area (Å²) < 4.78 is 2.21. The smallest absolute Gasteiger partial charge is 0.216 e. The van der Waals surface area contributed by atoms with Gasteiger partial charge in [-0.25, -0.2) is 0 Å². The average Bonchev–Trinajstić information content (AvgIpc) is 2.58. The number of rotatable bonds is 2. The number of aryl methyl sites for hydroxylation is 1. The number of hydrogen-bond acceptors (Lipinski definition) is 3. The highest BCUT2D eigenvalue weighted by Gasteiger charge is 2.07. The molecule has 4 nitrogen and oxygen atoms in total. The van der Waals surface area contributed by atoms with Crippen molar-refractivity contribution in [2.24, 2.45) is 11.0 Å². The van der Waals surface area contributed by atoms with Crippen molar-refractivity contribution in [1.29, 1.82) is 0 Å². The monoisotopic (exact) mass is 222 g/mol. The molecule has 1 aromatic heterocycles. The van der Waals surface area contributed by atoms with Crippen LogP contribution in [0.5, 0.6) is 0 Å². The van der Waals surface area contributed by atoms with E-state index in [0.717, 1.165) is 18.7 Å². The normalized spacial score (nSPS) is 21.3. The van der Waals surface area contributed by atoms with Gasteiger partial charge in [-0.05, 0) is 44.3 Å². The number of aromatic nitrogens is 3. The third-order valence-electron chi connectivity index (χ3n) is 2.51. The van der Waals surface area contributed by atoms with E-state index < -0.39 is 0 Å². The molecule has 0 bridgehead atoms. The number of nitrogens with zero attached hydrogens (tertiary/aromatic N) is 3. The van der Waals surface area contributed by atoms with Gasteiger partial charge in [-0.15, -0.1) is 0 Å². The summed E-state index contributed by atoms with van der Waals surface area (Å²) in [7, 11) is 0. The minimum absolute atomic E-state index is 0.534. The van der Waals surface area contributed by atoms with Gasteiger partial charge in [0.05, 0.1) is 0 Å². The van der Waals surface area contributed by atoms with E-state index >= 15 is 0 Å². The SMILES string of the molecule is Cc1n[nH]c(=S)n1/N=C/C1CC=CCC1. The molecule has 1 unspecified atom stereocenters. The Bertz CT molecular complexity index is 441. The van der Waals surface area contributed by atoms with Crippen molar-refractivity contribution in [1.82, 2.24) is 14.9 Å². The molecular weight excluding hydrogens is 208 g/mol. The van der Waals surface area contributed by atoms with E-state index in [9.17, 15) is 0 Å². The molecule has 0 saturated heterocycles. The van der Waals surface area contributed by atoms with Gasteiger partial charge in [0, 0.05) is 6.21 Å². The summed E-state index contributed by atoms with van der Waals surface area (Å²) >= 11 is 5.06. The van der Waals surface area contributed by atoms with Gasteiger partial charge >= 0.3 is 0 Å². The molecule has 5 heteroatoms. The molecule has 1 heterocycles. The summed E-state index contributed by atoms with van der Waals surface area (Å²) in [4.78, 5) is 0. The number of hydrogen-bond donors (Lipinski definition) is 1. The molecule has 0 amide bonds. The highest BCUT2D eigenvalue weighted by Crippen LogP contribution is 2.15. The van der Waals surface area contributed by atoms with Gasteiger partial charge in [0.1, 0.15) is 5.82 Å². The number of allylic oxidation sites excluding steroid dienone is 2. The lowest BCUT2D eigenvalue weighted by atomic mass is 9.96. The van der Waals surface area contributed by atoms with E-state index in [1.54, 1.807) is 4.68 Å². The first-order valence-electron chi connectivity index (χ1n) is 5.11. The third kappa shape index (κ3) is 2.41. The van der Waals surface area contributed by atoms with Crippen LogP contribution >= 0.6 is 12.2 Å². The zero-order chi connectivity index (χ0) is 10.7. The zero-order valence-corrected chi connectivity index (χ0v) is 9.50. The molecule has 80 valence electrons. The summed E-state index contributed by atoms with van der Waals surface area (Å²) in [5, 5.41) is 11.1. The standard InChI is InChI=1S/C10H14N4S/c1-8-12-13-10(15)14(8)11-7-9-5-3-2-4-6-9/h2-3,7,9H,4-6H2,1H3,(H,13,15)/b11-7+. The third-order valence-corrected chi connectivity index (χ3v) is 2.78. The van der Waals surface area contributed by atoms with Gasteiger partial charge < -0.3 is 0 Å². The van der Waals surface area contributed by atoms with Crippen molar-refractivity contribution < 1.29 is 0 Å². The molecule has 0 aromatic carbocycles. The van der Waals surface area contributed by atoms with Crippen LogP contribution in [0.1, 0.15) is 25.1 Å².